The first-order chi connectivity index (χ1) is 9.88. The fourth-order valence-corrected chi connectivity index (χ4v) is 2.15. The molecule has 0 aliphatic heterocycles. The van der Waals surface area contributed by atoms with Gasteiger partial charge in [-0.2, -0.15) is 5.26 Å². The van der Waals surface area contributed by atoms with Gasteiger partial charge < -0.3 is 4.57 Å². The zero-order valence-electron chi connectivity index (χ0n) is 10.8. The molecular weight excluding hydrogens is 248 g/mol. The maximum Gasteiger partial charge on any atom is 0.140 e. The minimum absolute atomic E-state index is 0.626. The monoisotopic (exact) mass is 260 g/mol. The second-order valence-corrected chi connectivity index (χ2v) is 4.38. The molecule has 0 radical (unpaired) electrons. The molecular formula is C16H12N4. The van der Waals surface area contributed by atoms with Gasteiger partial charge in [0.15, 0.2) is 0 Å². The summed E-state index contributed by atoms with van der Waals surface area (Å²) >= 11 is 0. The number of hydrogen-bond acceptors (Lipinski definition) is 3. The Kier molecular flexibility index (Phi) is 3.25. The highest BCUT2D eigenvalue weighted by Gasteiger charge is 2.08. The zero-order chi connectivity index (χ0) is 13.8. The third kappa shape index (κ3) is 2.29. The normalized spacial score (nSPS) is 10.2. The van der Waals surface area contributed by atoms with Gasteiger partial charge in [0.2, 0.25) is 0 Å². The maximum absolute atomic E-state index is 9.15. The van der Waals surface area contributed by atoms with Crippen molar-refractivity contribution in [1.82, 2.24) is 14.5 Å². The first-order valence-corrected chi connectivity index (χ1v) is 6.28. The summed E-state index contributed by atoms with van der Waals surface area (Å²) in [6, 6.07) is 13.7. The van der Waals surface area contributed by atoms with E-state index in [-0.39, 0.29) is 0 Å². The molecule has 0 saturated carbocycles. The summed E-state index contributed by atoms with van der Waals surface area (Å²) in [7, 11) is 0. The standard InChI is InChI=1S/C16H12N4/c17-11-14-3-1-2-4-15(14)12-20-10-9-19-16(20)13-5-7-18-8-6-13/h1-10H,12H2. The van der Waals surface area contributed by atoms with Crippen LogP contribution in [0.25, 0.3) is 11.4 Å². The number of rotatable bonds is 3. The quantitative estimate of drug-likeness (QED) is 0.727. The summed E-state index contributed by atoms with van der Waals surface area (Å²) in [6.45, 7) is 0.626. The lowest BCUT2D eigenvalue weighted by Gasteiger charge is -2.09. The SMILES string of the molecule is N#Cc1ccccc1Cn1ccnc1-c1ccncc1. The average Bonchev–Trinajstić information content (AvgIpc) is 2.97. The summed E-state index contributed by atoms with van der Waals surface area (Å²) in [6.07, 6.45) is 7.18. The molecule has 4 heteroatoms. The molecule has 0 aliphatic rings. The van der Waals surface area contributed by atoms with E-state index < -0.39 is 0 Å². The Balaban J connectivity index is 1.98. The molecule has 1 aromatic carbocycles. The summed E-state index contributed by atoms with van der Waals surface area (Å²) < 4.78 is 2.03. The van der Waals surface area contributed by atoms with Crippen LogP contribution in [0.3, 0.4) is 0 Å². The van der Waals surface area contributed by atoms with Gasteiger partial charge >= 0.3 is 0 Å². The molecule has 0 unspecified atom stereocenters. The molecule has 4 nitrogen and oxygen atoms in total. The van der Waals surface area contributed by atoms with E-state index >= 15 is 0 Å². The average molecular weight is 260 g/mol. The van der Waals surface area contributed by atoms with Crippen LogP contribution in [0.15, 0.2) is 61.2 Å². The minimum atomic E-state index is 0.626. The molecule has 3 rings (SSSR count). The van der Waals surface area contributed by atoms with Gasteiger partial charge in [-0.3, -0.25) is 4.98 Å². The van der Waals surface area contributed by atoms with Crippen LogP contribution in [-0.4, -0.2) is 14.5 Å². The van der Waals surface area contributed by atoms with Gasteiger partial charge in [-0.1, -0.05) is 18.2 Å². The van der Waals surface area contributed by atoms with Crippen LogP contribution in [0.4, 0.5) is 0 Å². The molecule has 0 spiro atoms. The Labute approximate surface area is 117 Å². The van der Waals surface area contributed by atoms with Crippen molar-refractivity contribution in [2.45, 2.75) is 6.54 Å². The summed E-state index contributed by atoms with van der Waals surface area (Å²) in [5.74, 6) is 0.875. The molecule has 2 aromatic heterocycles. The fraction of sp³-hybridized carbons (Fsp3) is 0.0625. The third-order valence-corrected chi connectivity index (χ3v) is 3.13. The van der Waals surface area contributed by atoms with E-state index in [1.165, 1.54) is 0 Å². The van der Waals surface area contributed by atoms with E-state index in [4.69, 9.17) is 5.26 Å². The first kappa shape index (κ1) is 12.1. The fourth-order valence-electron chi connectivity index (χ4n) is 2.15. The summed E-state index contributed by atoms with van der Waals surface area (Å²) in [4.78, 5) is 8.41. The van der Waals surface area contributed by atoms with Gasteiger partial charge in [0.05, 0.1) is 18.2 Å². The molecule has 20 heavy (non-hydrogen) atoms. The van der Waals surface area contributed by atoms with Gasteiger partial charge in [0.1, 0.15) is 5.82 Å². The maximum atomic E-state index is 9.15. The number of nitriles is 1. The van der Waals surface area contributed by atoms with E-state index in [9.17, 15) is 0 Å². The van der Waals surface area contributed by atoms with E-state index in [1.807, 2.05) is 47.2 Å². The number of benzene rings is 1. The van der Waals surface area contributed by atoms with Gasteiger partial charge in [0.25, 0.3) is 0 Å². The predicted molar refractivity (Wildman–Crippen MR) is 75.7 cm³/mol. The van der Waals surface area contributed by atoms with E-state index in [2.05, 4.69) is 16.0 Å². The van der Waals surface area contributed by atoms with Gasteiger partial charge in [-0.25, -0.2) is 4.98 Å². The lowest BCUT2D eigenvalue weighted by Crippen LogP contribution is -2.02. The zero-order valence-corrected chi connectivity index (χ0v) is 10.8. The Hall–Kier alpha value is -2.93. The van der Waals surface area contributed by atoms with Gasteiger partial charge in [0, 0.05) is 30.4 Å². The molecule has 0 aliphatic carbocycles. The number of nitrogens with zero attached hydrogens (tertiary/aromatic N) is 4. The predicted octanol–water partition coefficient (Wildman–Crippen LogP) is 2.87. The minimum Gasteiger partial charge on any atom is -0.327 e. The van der Waals surface area contributed by atoms with Crippen molar-refractivity contribution in [1.29, 1.82) is 5.26 Å². The van der Waals surface area contributed by atoms with Crippen LogP contribution in [0.2, 0.25) is 0 Å². The van der Waals surface area contributed by atoms with Crippen molar-refractivity contribution in [2.24, 2.45) is 0 Å². The molecule has 0 N–H and O–H groups in total. The lowest BCUT2D eigenvalue weighted by molar-refractivity contribution is 0.804. The topological polar surface area (TPSA) is 54.5 Å². The molecule has 0 atom stereocenters. The molecule has 96 valence electrons. The third-order valence-electron chi connectivity index (χ3n) is 3.13. The van der Waals surface area contributed by atoms with Crippen molar-refractivity contribution in [3.8, 4) is 17.5 Å². The van der Waals surface area contributed by atoms with Crippen LogP contribution in [-0.2, 0) is 6.54 Å². The highest BCUT2D eigenvalue weighted by molar-refractivity contribution is 5.54. The molecule has 3 aromatic rings. The highest BCUT2D eigenvalue weighted by atomic mass is 15.1. The number of pyridine rings is 1. The molecule has 0 bridgehead atoms. The van der Waals surface area contributed by atoms with Crippen LogP contribution >= 0.6 is 0 Å². The van der Waals surface area contributed by atoms with E-state index in [0.29, 0.717) is 12.1 Å². The second-order valence-electron chi connectivity index (χ2n) is 4.38. The van der Waals surface area contributed by atoms with Crippen LogP contribution in [0, 0.1) is 11.3 Å². The molecule has 0 saturated heterocycles. The molecule has 0 fully saturated rings. The van der Waals surface area contributed by atoms with Crippen molar-refractivity contribution >= 4 is 0 Å². The van der Waals surface area contributed by atoms with E-state index in [1.54, 1.807) is 18.6 Å². The highest BCUT2D eigenvalue weighted by Crippen LogP contribution is 2.18. The van der Waals surface area contributed by atoms with Crippen LogP contribution < -0.4 is 0 Å². The Bertz CT molecular complexity index is 753. The van der Waals surface area contributed by atoms with Crippen molar-refractivity contribution in [3.05, 3.63) is 72.3 Å². The van der Waals surface area contributed by atoms with Gasteiger partial charge in [-0.05, 0) is 23.8 Å². The van der Waals surface area contributed by atoms with Crippen molar-refractivity contribution in [2.75, 3.05) is 0 Å². The van der Waals surface area contributed by atoms with Crippen molar-refractivity contribution < 1.29 is 0 Å². The van der Waals surface area contributed by atoms with Crippen molar-refractivity contribution in [3.63, 3.8) is 0 Å². The largest absolute Gasteiger partial charge is 0.327 e. The molecule has 2 heterocycles. The van der Waals surface area contributed by atoms with Gasteiger partial charge in [-0.15, -0.1) is 0 Å². The number of hydrogen-bond donors (Lipinski definition) is 0. The van der Waals surface area contributed by atoms with Crippen LogP contribution in [0.1, 0.15) is 11.1 Å². The van der Waals surface area contributed by atoms with E-state index in [0.717, 1.165) is 17.0 Å². The smallest absolute Gasteiger partial charge is 0.140 e. The number of imidazole rings is 1. The Morgan fingerprint density at radius 2 is 1.85 bits per heavy atom. The number of aromatic nitrogens is 3. The summed E-state index contributed by atoms with van der Waals surface area (Å²) in [5, 5.41) is 9.15. The van der Waals surface area contributed by atoms with Crippen LogP contribution in [0.5, 0.6) is 0 Å². The second kappa shape index (κ2) is 5.37. The summed E-state index contributed by atoms with van der Waals surface area (Å²) in [5.41, 5.74) is 2.70. The molecule has 0 amide bonds. The Morgan fingerprint density at radius 3 is 2.65 bits per heavy atom. The lowest BCUT2D eigenvalue weighted by atomic mass is 10.1. The Morgan fingerprint density at radius 1 is 1.05 bits per heavy atom. The first-order valence-electron chi connectivity index (χ1n) is 6.28.